The molecule has 1 aliphatic rings. The Morgan fingerprint density at radius 1 is 1.02 bits per heavy atom. The van der Waals surface area contributed by atoms with Crippen LogP contribution in [0.3, 0.4) is 0 Å². The molecule has 0 radical (unpaired) electrons. The molecule has 1 aliphatic heterocycles. The predicted octanol–water partition coefficient (Wildman–Crippen LogP) is 2.48. The minimum absolute atomic E-state index is 0.0252. The number of nitrogens with one attached hydrogen (secondary N) is 1. The van der Waals surface area contributed by atoms with Gasteiger partial charge in [0.2, 0.25) is 5.91 Å². The van der Waals surface area contributed by atoms with Gasteiger partial charge >= 0.3 is 0 Å². The zero-order valence-electron chi connectivity index (χ0n) is 22.4. The minimum atomic E-state index is -3.48. The van der Waals surface area contributed by atoms with Crippen molar-refractivity contribution in [3.8, 4) is 11.4 Å². The molecule has 4 aromatic rings. The second kappa shape index (κ2) is 11.0. The summed E-state index contributed by atoms with van der Waals surface area (Å²) in [7, 11) is -3.48. The minimum Gasteiger partial charge on any atom is -0.346 e. The summed E-state index contributed by atoms with van der Waals surface area (Å²) in [6.07, 6.45) is 5.26. The molecule has 2 amide bonds. The predicted molar refractivity (Wildman–Crippen MR) is 150 cm³/mol. The van der Waals surface area contributed by atoms with Gasteiger partial charge in [0, 0.05) is 49.4 Å². The maximum Gasteiger partial charge on any atom is 0.253 e. The van der Waals surface area contributed by atoms with Gasteiger partial charge in [-0.05, 0) is 50.2 Å². The van der Waals surface area contributed by atoms with Crippen LogP contribution in [0, 0.1) is 0 Å². The Hall–Kier alpha value is -4.45. The van der Waals surface area contributed by atoms with Crippen LogP contribution in [0.25, 0.3) is 22.3 Å². The molecule has 0 aromatic carbocycles. The third kappa shape index (κ3) is 5.91. The summed E-state index contributed by atoms with van der Waals surface area (Å²) in [5, 5.41) is 3.58. The van der Waals surface area contributed by atoms with Crippen LogP contribution in [0.1, 0.15) is 29.9 Å². The highest BCUT2D eigenvalue weighted by Crippen LogP contribution is 2.23. The van der Waals surface area contributed by atoms with Gasteiger partial charge in [0.05, 0.1) is 46.1 Å². The Labute approximate surface area is 232 Å². The number of aromatic nitrogens is 4. The van der Waals surface area contributed by atoms with Crippen molar-refractivity contribution < 1.29 is 18.0 Å². The molecule has 40 heavy (non-hydrogen) atoms. The fraction of sp³-hybridized carbons (Fsp3) is 0.286. The number of rotatable bonds is 7. The van der Waals surface area contributed by atoms with Crippen LogP contribution in [0.2, 0.25) is 0 Å². The normalized spacial score (nSPS) is 14.2. The summed E-state index contributed by atoms with van der Waals surface area (Å²) in [5.41, 5.74) is 2.77. The molecule has 0 atom stereocenters. The molecule has 0 unspecified atom stereocenters. The molecule has 0 saturated carbocycles. The van der Waals surface area contributed by atoms with Gasteiger partial charge in [0.25, 0.3) is 5.91 Å². The van der Waals surface area contributed by atoms with Crippen LogP contribution < -0.4 is 10.2 Å². The van der Waals surface area contributed by atoms with Gasteiger partial charge in [-0.25, -0.2) is 18.4 Å². The average Bonchev–Trinajstić information content (AvgIpc) is 2.95. The van der Waals surface area contributed by atoms with Gasteiger partial charge in [0.1, 0.15) is 5.82 Å². The van der Waals surface area contributed by atoms with Gasteiger partial charge in [-0.3, -0.25) is 19.6 Å². The zero-order valence-corrected chi connectivity index (χ0v) is 23.2. The first-order chi connectivity index (χ1) is 19.1. The lowest BCUT2D eigenvalue weighted by atomic mass is 10.1. The molecule has 0 spiro atoms. The molecule has 4 aromatic heterocycles. The molecule has 1 fully saturated rings. The number of nitrogens with zero attached hydrogens (tertiary/aromatic N) is 6. The molecule has 0 bridgehead atoms. The number of anilines is 1. The van der Waals surface area contributed by atoms with E-state index in [1.165, 1.54) is 18.5 Å². The summed E-state index contributed by atoms with van der Waals surface area (Å²) in [5.74, 6) is 0.350. The lowest BCUT2D eigenvalue weighted by molar-refractivity contribution is -0.132. The van der Waals surface area contributed by atoms with Crippen molar-refractivity contribution in [2.45, 2.75) is 31.3 Å². The first-order valence-corrected chi connectivity index (χ1v) is 14.7. The second-order valence-electron chi connectivity index (χ2n) is 9.91. The number of piperazine rings is 1. The standard InChI is InChI=1S/C28H29N7O4S/c1-18(2)35-10-9-34(17-27(35)36)26-6-4-5-23(33-26)24-8-7-19-14-30-21(12-25(19)32-24)15-31-28(37)20-11-22(16-29-13-20)40(3,38)39/h4-8,11-14,16,18H,9-10,15,17H2,1-3H3,(H,31,37). The highest BCUT2D eigenvalue weighted by atomic mass is 32.2. The van der Waals surface area contributed by atoms with E-state index in [9.17, 15) is 18.0 Å². The van der Waals surface area contributed by atoms with E-state index in [1.54, 1.807) is 12.3 Å². The number of carbonyl (C=O) groups is 2. The van der Waals surface area contributed by atoms with Gasteiger partial charge in [-0.1, -0.05) is 6.07 Å². The number of carbonyl (C=O) groups excluding carboxylic acids is 2. The van der Waals surface area contributed by atoms with E-state index in [0.29, 0.717) is 35.7 Å². The maximum atomic E-state index is 12.6. The first-order valence-electron chi connectivity index (χ1n) is 12.8. The van der Waals surface area contributed by atoms with Crippen molar-refractivity contribution in [1.82, 2.24) is 30.2 Å². The Morgan fingerprint density at radius 3 is 2.58 bits per heavy atom. The third-order valence-corrected chi connectivity index (χ3v) is 7.74. The van der Waals surface area contributed by atoms with E-state index < -0.39 is 15.7 Å². The molecule has 12 heteroatoms. The zero-order chi connectivity index (χ0) is 28.4. The van der Waals surface area contributed by atoms with E-state index in [-0.39, 0.29) is 35.5 Å². The average molecular weight is 560 g/mol. The monoisotopic (exact) mass is 559 g/mol. The summed E-state index contributed by atoms with van der Waals surface area (Å²) in [6.45, 7) is 5.81. The van der Waals surface area contributed by atoms with Crippen LogP contribution in [0.15, 0.2) is 66.0 Å². The van der Waals surface area contributed by atoms with E-state index in [1.807, 2.05) is 54.0 Å². The Kier molecular flexibility index (Phi) is 7.44. The summed E-state index contributed by atoms with van der Waals surface area (Å²) in [6, 6.07) is 12.7. The lowest BCUT2D eigenvalue weighted by Gasteiger charge is -2.37. The highest BCUT2D eigenvalue weighted by molar-refractivity contribution is 7.90. The van der Waals surface area contributed by atoms with Crippen molar-refractivity contribution in [2.75, 3.05) is 30.8 Å². The Balaban J connectivity index is 1.32. The van der Waals surface area contributed by atoms with Crippen molar-refractivity contribution in [3.63, 3.8) is 0 Å². The smallest absolute Gasteiger partial charge is 0.253 e. The molecule has 5 heterocycles. The number of sulfone groups is 1. The molecule has 5 rings (SSSR count). The molecule has 206 valence electrons. The van der Waals surface area contributed by atoms with Gasteiger partial charge in [-0.2, -0.15) is 0 Å². The number of pyridine rings is 4. The first kappa shape index (κ1) is 27.1. The van der Waals surface area contributed by atoms with Crippen molar-refractivity contribution in [1.29, 1.82) is 0 Å². The van der Waals surface area contributed by atoms with E-state index in [2.05, 4.69) is 15.3 Å². The Morgan fingerprint density at radius 2 is 1.82 bits per heavy atom. The SMILES string of the molecule is CC(C)N1CCN(c2cccc(-c3ccc4cnc(CNC(=O)c5cncc(S(C)(=O)=O)c5)cc4n3)n2)CC1=O. The maximum absolute atomic E-state index is 12.6. The molecule has 1 saturated heterocycles. The number of hydrogen-bond acceptors (Lipinski definition) is 9. The Bertz CT molecular complexity index is 1710. The second-order valence-corrected chi connectivity index (χ2v) is 11.9. The molecule has 1 N–H and O–H groups in total. The largest absolute Gasteiger partial charge is 0.346 e. The molecule has 11 nitrogen and oxygen atoms in total. The van der Waals surface area contributed by atoms with Crippen LogP contribution in [0.5, 0.6) is 0 Å². The van der Waals surface area contributed by atoms with Crippen molar-refractivity contribution in [3.05, 3.63) is 72.3 Å². The molecule has 0 aliphatic carbocycles. The van der Waals surface area contributed by atoms with Crippen LogP contribution in [-0.4, -0.2) is 77.0 Å². The topological polar surface area (TPSA) is 138 Å². The fourth-order valence-corrected chi connectivity index (χ4v) is 5.08. The highest BCUT2D eigenvalue weighted by Gasteiger charge is 2.26. The van der Waals surface area contributed by atoms with Crippen molar-refractivity contribution >= 4 is 38.4 Å². The number of hydrogen-bond donors (Lipinski definition) is 1. The lowest BCUT2D eigenvalue weighted by Crippen LogP contribution is -2.53. The van der Waals surface area contributed by atoms with Gasteiger partial charge < -0.3 is 15.1 Å². The van der Waals surface area contributed by atoms with E-state index >= 15 is 0 Å². The fourth-order valence-electron chi connectivity index (χ4n) is 4.49. The van der Waals surface area contributed by atoms with E-state index in [4.69, 9.17) is 9.97 Å². The number of amides is 2. The van der Waals surface area contributed by atoms with Crippen LogP contribution >= 0.6 is 0 Å². The van der Waals surface area contributed by atoms with Crippen LogP contribution in [0.4, 0.5) is 5.82 Å². The van der Waals surface area contributed by atoms with E-state index in [0.717, 1.165) is 17.5 Å². The van der Waals surface area contributed by atoms with Crippen LogP contribution in [-0.2, 0) is 21.2 Å². The molecular weight excluding hydrogens is 530 g/mol. The van der Waals surface area contributed by atoms with Gasteiger partial charge in [-0.15, -0.1) is 0 Å². The quantitative estimate of drug-likeness (QED) is 0.362. The summed E-state index contributed by atoms with van der Waals surface area (Å²) in [4.78, 5) is 46.9. The van der Waals surface area contributed by atoms with Crippen molar-refractivity contribution in [2.24, 2.45) is 0 Å². The number of fused-ring (bicyclic) bond motifs is 1. The third-order valence-electron chi connectivity index (χ3n) is 6.67. The molecular formula is C28H29N7O4S. The summed E-state index contributed by atoms with van der Waals surface area (Å²) < 4.78 is 23.6. The summed E-state index contributed by atoms with van der Waals surface area (Å²) >= 11 is 0. The van der Waals surface area contributed by atoms with Gasteiger partial charge in [0.15, 0.2) is 9.84 Å².